The van der Waals surface area contributed by atoms with E-state index in [-0.39, 0.29) is 5.54 Å². The molecule has 0 aromatic heterocycles. The fourth-order valence-corrected chi connectivity index (χ4v) is 4.22. The molecule has 0 unspecified atom stereocenters. The van der Waals surface area contributed by atoms with Crippen LogP contribution in [0.15, 0.2) is 0 Å². The van der Waals surface area contributed by atoms with Gasteiger partial charge in [-0.05, 0) is 31.6 Å². The van der Waals surface area contributed by atoms with Crippen molar-refractivity contribution >= 4 is 21.8 Å². The molecule has 1 amide bonds. The zero-order valence-corrected chi connectivity index (χ0v) is 12.9. The standard InChI is InChI=1S/C15H26BrNO/c16-12-15(9-5-6-10-15)17-14(18)11-13-7-3-1-2-4-8-13/h13H,1-12H2,(H,17,18). The lowest BCUT2D eigenvalue weighted by atomic mass is 9.94. The largest absolute Gasteiger partial charge is 0.350 e. The molecule has 0 bridgehead atoms. The van der Waals surface area contributed by atoms with E-state index in [4.69, 9.17) is 0 Å². The molecule has 0 aliphatic heterocycles. The van der Waals surface area contributed by atoms with Gasteiger partial charge in [-0.15, -0.1) is 0 Å². The van der Waals surface area contributed by atoms with Crippen molar-refractivity contribution < 1.29 is 4.79 Å². The molecule has 2 fully saturated rings. The maximum Gasteiger partial charge on any atom is 0.220 e. The van der Waals surface area contributed by atoms with Crippen molar-refractivity contribution in [1.29, 1.82) is 0 Å². The molecule has 2 nitrogen and oxygen atoms in total. The molecular weight excluding hydrogens is 290 g/mol. The van der Waals surface area contributed by atoms with Crippen LogP contribution in [0.4, 0.5) is 0 Å². The minimum Gasteiger partial charge on any atom is -0.350 e. The lowest BCUT2D eigenvalue weighted by Gasteiger charge is -2.29. The summed E-state index contributed by atoms with van der Waals surface area (Å²) in [4.78, 5) is 12.2. The predicted octanol–water partition coefficient (Wildman–Crippen LogP) is 4.17. The highest BCUT2D eigenvalue weighted by Crippen LogP contribution is 2.32. The van der Waals surface area contributed by atoms with Gasteiger partial charge in [0.05, 0.1) is 0 Å². The Balaban J connectivity index is 1.80. The van der Waals surface area contributed by atoms with Gasteiger partial charge in [-0.2, -0.15) is 0 Å². The Hall–Kier alpha value is -0.0500. The van der Waals surface area contributed by atoms with Crippen LogP contribution in [-0.4, -0.2) is 16.8 Å². The van der Waals surface area contributed by atoms with Gasteiger partial charge in [-0.3, -0.25) is 4.79 Å². The summed E-state index contributed by atoms with van der Waals surface area (Å²) >= 11 is 3.58. The summed E-state index contributed by atoms with van der Waals surface area (Å²) in [7, 11) is 0. The highest BCUT2D eigenvalue weighted by atomic mass is 79.9. The van der Waals surface area contributed by atoms with Gasteiger partial charge in [0.25, 0.3) is 0 Å². The lowest BCUT2D eigenvalue weighted by molar-refractivity contribution is -0.123. The third-order valence-corrected chi connectivity index (χ3v) is 5.74. The average molecular weight is 316 g/mol. The minimum absolute atomic E-state index is 0.0712. The van der Waals surface area contributed by atoms with Crippen LogP contribution in [0.5, 0.6) is 0 Å². The van der Waals surface area contributed by atoms with E-state index in [9.17, 15) is 4.79 Å². The van der Waals surface area contributed by atoms with Crippen molar-refractivity contribution in [2.75, 3.05) is 5.33 Å². The second-order valence-electron chi connectivity index (χ2n) is 6.23. The van der Waals surface area contributed by atoms with E-state index in [2.05, 4.69) is 21.2 Å². The van der Waals surface area contributed by atoms with Crippen LogP contribution in [0.2, 0.25) is 0 Å². The smallest absolute Gasteiger partial charge is 0.220 e. The summed E-state index contributed by atoms with van der Waals surface area (Å²) in [5.74, 6) is 0.935. The summed E-state index contributed by atoms with van der Waals surface area (Å²) in [6.07, 6.45) is 13.5. The summed E-state index contributed by atoms with van der Waals surface area (Å²) in [5.41, 5.74) is 0.0712. The van der Waals surface area contributed by atoms with E-state index in [0.29, 0.717) is 11.8 Å². The van der Waals surface area contributed by atoms with E-state index in [1.165, 1.54) is 51.4 Å². The number of amides is 1. The van der Waals surface area contributed by atoms with Gasteiger partial charge < -0.3 is 5.32 Å². The first-order valence-corrected chi connectivity index (χ1v) is 8.73. The molecule has 0 saturated heterocycles. The van der Waals surface area contributed by atoms with Crippen molar-refractivity contribution in [1.82, 2.24) is 5.32 Å². The quantitative estimate of drug-likeness (QED) is 0.612. The Labute approximate surface area is 119 Å². The van der Waals surface area contributed by atoms with E-state index in [1.807, 2.05) is 0 Å². The summed E-state index contributed by atoms with van der Waals surface area (Å²) in [6.45, 7) is 0. The summed E-state index contributed by atoms with van der Waals surface area (Å²) in [5, 5.41) is 4.24. The number of rotatable bonds is 4. The zero-order chi connectivity index (χ0) is 12.8. The van der Waals surface area contributed by atoms with E-state index >= 15 is 0 Å². The molecule has 0 heterocycles. The fraction of sp³-hybridized carbons (Fsp3) is 0.933. The second kappa shape index (κ2) is 6.93. The molecule has 0 aromatic carbocycles. The normalized spacial score (nSPS) is 24.7. The first-order chi connectivity index (χ1) is 8.74. The number of hydrogen-bond acceptors (Lipinski definition) is 1. The number of carbonyl (C=O) groups excluding carboxylic acids is 1. The van der Waals surface area contributed by atoms with Gasteiger partial charge >= 0.3 is 0 Å². The molecule has 0 spiro atoms. The van der Waals surface area contributed by atoms with Gasteiger partial charge in [0.1, 0.15) is 0 Å². The molecule has 0 atom stereocenters. The van der Waals surface area contributed by atoms with Gasteiger partial charge in [0.15, 0.2) is 0 Å². The molecule has 0 aromatic rings. The summed E-state index contributed by atoms with van der Waals surface area (Å²) < 4.78 is 0. The number of carbonyl (C=O) groups is 1. The fourth-order valence-electron chi connectivity index (χ4n) is 3.52. The van der Waals surface area contributed by atoms with Gasteiger partial charge in [-0.1, -0.05) is 54.5 Å². The van der Waals surface area contributed by atoms with Crippen molar-refractivity contribution in [2.24, 2.45) is 5.92 Å². The molecule has 2 aliphatic rings. The Morgan fingerprint density at radius 2 is 1.67 bits per heavy atom. The molecule has 2 rings (SSSR count). The highest BCUT2D eigenvalue weighted by Gasteiger charge is 2.34. The number of hydrogen-bond donors (Lipinski definition) is 1. The first kappa shape index (κ1) is 14.4. The van der Waals surface area contributed by atoms with E-state index < -0.39 is 0 Å². The average Bonchev–Trinajstić information content (AvgIpc) is 2.67. The molecule has 0 radical (unpaired) electrons. The highest BCUT2D eigenvalue weighted by molar-refractivity contribution is 9.09. The van der Waals surface area contributed by atoms with Crippen LogP contribution in [-0.2, 0) is 4.79 Å². The lowest BCUT2D eigenvalue weighted by Crippen LogP contribution is -2.48. The van der Waals surface area contributed by atoms with Gasteiger partial charge in [0.2, 0.25) is 5.91 Å². The molecule has 2 saturated carbocycles. The Morgan fingerprint density at radius 1 is 1.06 bits per heavy atom. The van der Waals surface area contributed by atoms with Gasteiger partial charge in [0, 0.05) is 17.3 Å². The molecular formula is C15H26BrNO. The van der Waals surface area contributed by atoms with Crippen LogP contribution in [0.3, 0.4) is 0 Å². The van der Waals surface area contributed by atoms with Gasteiger partial charge in [-0.25, -0.2) is 0 Å². The van der Waals surface area contributed by atoms with Crippen molar-refractivity contribution in [2.45, 2.75) is 76.2 Å². The van der Waals surface area contributed by atoms with E-state index in [0.717, 1.165) is 24.6 Å². The van der Waals surface area contributed by atoms with Crippen molar-refractivity contribution in [3.05, 3.63) is 0 Å². The van der Waals surface area contributed by atoms with Crippen LogP contribution >= 0.6 is 15.9 Å². The van der Waals surface area contributed by atoms with Crippen LogP contribution in [0, 0.1) is 5.92 Å². The van der Waals surface area contributed by atoms with Crippen LogP contribution in [0.25, 0.3) is 0 Å². The molecule has 1 N–H and O–H groups in total. The zero-order valence-electron chi connectivity index (χ0n) is 11.3. The first-order valence-electron chi connectivity index (χ1n) is 7.61. The van der Waals surface area contributed by atoms with Crippen molar-refractivity contribution in [3.8, 4) is 0 Å². The van der Waals surface area contributed by atoms with E-state index in [1.54, 1.807) is 0 Å². The third kappa shape index (κ3) is 3.97. The van der Waals surface area contributed by atoms with Crippen LogP contribution in [0.1, 0.15) is 70.6 Å². The number of alkyl halides is 1. The molecule has 104 valence electrons. The molecule has 3 heteroatoms. The number of halogens is 1. The number of nitrogens with one attached hydrogen (secondary N) is 1. The third-order valence-electron chi connectivity index (χ3n) is 4.67. The Kier molecular flexibility index (Phi) is 5.53. The SMILES string of the molecule is O=C(CC1CCCCCC1)NC1(CBr)CCCC1. The molecule has 2 aliphatic carbocycles. The predicted molar refractivity (Wildman–Crippen MR) is 78.9 cm³/mol. The Bertz CT molecular complexity index is 266. The maximum atomic E-state index is 12.2. The summed E-state index contributed by atoms with van der Waals surface area (Å²) in [6, 6.07) is 0. The monoisotopic (exact) mass is 315 g/mol. The topological polar surface area (TPSA) is 29.1 Å². The van der Waals surface area contributed by atoms with Crippen molar-refractivity contribution in [3.63, 3.8) is 0 Å². The second-order valence-corrected chi connectivity index (χ2v) is 6.79. The minimum atomic E-state index is 0.0712. The Morgan fingerprint density at radius 3 is 2.22 bits per heavy atom. The van der Waals surface area contributed by atoms with Crippen LogP contribution < -0.4 is 5.32 Å². The maximum absolute atomic E-state index is 12.2. The molecule has 18 heavy (non-hydrogen) atoms.